The average Bonchev–Trinajstić information content (AvgIpc) is 2.51. The van der Waals surface area contributed by atoms with Crippen LogP contribution < -0.4 is 0 Å². The van der Waals surface area contributed by atoms with Gasteiger partial charge >= 0.3 is 0 Å². The van der Waals surface area contributed by atoms with E-state index in [1.807, 2.05) is 6.92 Å². The molecule has 2 aliphatic rings. The molecule has 2 fully saturated rings. The average molecular weight is 298 g/mol. The number of piperazine rings is 1. The van der Waals surface area contributed by atoms with E-state index >= 15 is 0 Å². The molecule has 6 nitrogen and oxygen atoms in total. The lowest BCUT2D eigenvalue weighted by molar-refractivity contribution is -0.163. The first-order valence-electron chi connectivity index (χ1n) is 7.84. The monoisotopic (exact) mass is 298 g/mol. The predicted molar refractivity (Wildman–Crippen MR) is 77.8 cm³/mol. The molecule has 2 aliphatic heterocycles. The van der Waals surface area contributed by atoms with Crippen molar-refractivity contribution >= 4 is 11.8 Å². The minimum absolute atomic E-state index is 0.0969. The molecule has 6 heteroatoms. The largest absolute Gasteiger partial charge is 0.382 e. The van der Waals surface area contributed by atoms with E-state index in [0.717, 1.165) is 32.2 Å². The molecule has 0 N–H and O–H groups in total. The van der Waals surface area contributed by atoms with Gasteiger partial charge in [-0.1, -0.05) is 0 Å². The molecule has 0 radical (unpaired) electrons. The Kier molecular flexibility index (Phi) is 5.99. The van der Waals surface area contributed by atoms with Crippen molar-refractivity contribution in [3.05, 3.63) is 0 Å². The SMILES string of the molecule is COCCOCCCN1C(=O)C2CCCCN2C(=O)C1C. The van der Waals surface area contributed by atoms with Crippen LogP contribution in [-0.4, -0.2) is 73.7 Å². The Hall–Kier alpha value is -1.14. The molecule has 21 heavy (non-hydrogen) atoms. The van der Waals surface area contributed by atoms with Crippen LogP contribution in [0.2, 0.25) is 0 Å². The van der Waals surface area contributed by atoms with Crippen LogP contribution in [-0.2, 0) is 19.1 Å². The first kappa shape index (κ1) is 16.2. The molecular weight excluding hydrogens is 272 g/mol. The van der Waals surface area contributed by atoms with Crippen molar-refractivity contribution < 1.29 is 19.1 Å². The molecule has 0 saturated carbocycles. The third-order valence-electron chi connectivity index (χ3n) is 4.30. The Morgan fingerprint density at radius 3 is 2.71 bits per heavy atom. The van der Waals surface area contributed by atoms with Gasteiger partial charge in [0.05, 0.1) is 13.2 Å². The number of fused-ring (bicyclic) bond motifs is 1. The summed E-state index contributed by atoms with van der Waals surface area (Å²) < 4.78 is 10.3. The number of rotatable bonds is 7. The molecule has 0 aromatic carbocycles. The van der Waals surface area contributed by atoms with Gasteiger partial charge < -0.3 is 19.3 Å². The summed E-state index contributed by atoms with van der Waals surface area (Å²) in [5, 5.41) is 0. The molecule has 0 aliphatic carbocycles. The van der Waals surface area contributed by atoms with E-state index in [0.29, 0.717) is 26.4 Å². The standard InChI is InChI=1S/C15H26N2O4/c1-12-14(18)17-7-4-3-6-13(17)15(19)16(12)8-5-9-21-11-10-20-2/h12-13H,3-11H2,1-2H3. The fraction of sp³-hybridized carbons (Fsp3) is 0.867. The summed E-state index contributed by atoms with van der Waals surface area (Å²) in [6, 6.07) is -0.567. The summed E-state index contributed by atoms with van der Waals surface area (Å²) in [7, 11) is 1.64. The maximum atomic E-state index is 12.6. The predicted octanol–water partition coefficient (Wildman–Crippen LogP) is 0.651. The zero-order valence-electron chi connectivity index (χ0n) is 13.0. The summed E-state index contributed by atoms with van der Waals surface area (Å²) in [5.41, 5.74) is 0. The van der Waals surface area contributed by atoms with Gasteiger partial charge in [-0.25, -0.2) is 0 Å². The number of amides is 2. The Balaban J connectivity index is 1.84. The maximum absolute atomic E-state index is 12.6. The van der Waals surface area contributed by atoms with Gasteiger partial charge in [0.1, 0.15) is 12.1 Å². The highest BCUT2D eigenvalue weighted by Crippen LogP contribution is 2.26. The van der Waals surface area contributed by atoms with Crippen LogP contribution in [0.25, 0.3) is 0 Å². The number of ether oxygens (including phenoxy) is 2. The van der Waals surface area contributed by atoms with Crippen molar-refractivity contribution in [2.45, 2.75) is 44.7 Å². The van der Waals surface area contributed by atoms with Gasteiger partial charge in [0.15, 0.2) is 0 Å². The summed E-state index contributed by atoms with van der Waals surface area (Å²) in [6.07, 6.45) is 3.59. The van der Waals surface area contributed by atoms with E-state index in [4.69, 9.17) is 9.47 Å². The second-order valence-electron chi connectivity index (χ2n) is 5.71. The number of hydrogen-bond donors (Lipinski definition) is 0. The molecule has 2 rings (SSSR count). The lowest BCUT2D eigenvalue weighted by Gasteiger charge is -2.46. The van der Waals surface area contributed by atoms with Crippen LogP contribution in [0.3, 0.4) is 0 Å². The van der Waals surface area contributed by atoms with E-state index in [1.165, 1.54) is 0 Å². The van der Waals surface area contributed by atoms with Gasteiger partial charge in [-0.15, -0.1) is 0 Å². The Morgan fingerprint density at radius 1 is 1.14 bits per heavy atom. The van der Waals surface area contributed by atoms with E-state index < -0.39 is 0 Å². The Morgan fingerprint density at radius 2 is 1.95 bits per heavy atom. The Bertz CT molecular complexity index is 375. The number of carbonyl (C=O) groups is 2. The fourth-order valence-corrected chi connectivity index (χ4v) is 3.09. The molecule has 0 aromatic heterocycles. The number of methoxy groups -OCH3 is 1. The maximum Gasteiger partial charge on any atom is 0.246 e. The third-order valence-corrected chi connectivity index (χ3v) is 4.30. The summed E-state index contributed by atoms with van der Waals surface area (Å²) >= 11 is 0. The fourth-order valence-electron chi connectivity index (χ4n) is 3.09. The van der Waals surface area contributed by atoms with Crippen LogP contribution in [0.4, 0.5) is 0 Å². The topological polar surface area (TPSA) is 59.1 Å². The second kappa shape index (κ2) is 7.75. The lowest BCUT2D eigenvalue weighted by atomic mass is 9.95. The molecule has 0 bridgehead atoms. The van der Waals surface area contributed by atoms with E-state index in [2.05, 4.69) is 0 Å². The van der Waals surface area contributed by atoms with Crippen molar-refractivity contribution in [2.24, 2.45) is 0 Å². The van der Waals surface area contributed by atoms with E-state index in [-0.39, 0.29) is 23.9 Å². The van der Waals surface area contributed by atoms with Crippen LogP contribution in [0, 0.1) is 0 Å². The molecule has 0 aromatic rings. The number of carbonyl (C=O) groups excluding carboxylic acids is 2. The third kappa shape index (κ3) is 3.74. The normalized spacial score (nSPS) is 26.2. The Labute approximate surface area is 126 Å². The highest BCUT2D eigenvalue weighted by molar-refractivity contribution is 5.96. The van der Waals surface area contributed by atoms with Crippen molar-refractivity contribution in [1.82, 2.24) is 9.80 Å². The molecule has 2 atom stereocenters. The lowest BCUT2D eigenvalue weighted by Crippen LogP contribution is -2.65. The number of piperidine rings is 1. The van der Waals surface area contributed by atoms with Crippen LogP contribution >= 0.6 is 0 Å². The molecule has 2 amide bonds. The van der Waals surface area contributed by atoms with Gasteiger partial charge in [-0.2, -0.15) is 0 Å². The summed E-state index contributed by atoms with van der Waals surface area (Å²) in [4.78, 5) is 28.4. The highest BCUT2D eigenvalue weighted by Gasteiger charge is 2.44. The highest BCUT2D eigenvalue weighted by atomic mass is 16.5. The second-order valence-corrected chi connectivity index (χ2v) is 5.71. The van der Waals surface area contributed by atoms with E-state index in [9.17, 15) is 9.59 Å². The molecule has 2 saturated heterocycles. The first-order valence-corrected chi connectivity index (χ1v) is 7.84. The van der Waals surface area contributed by atoms with Gasteiger partial charge in [-0.05, 0) is 32.6 Å². The quantitative estimate of drug-likeness (QED) is 0.648. The van der Waals surface area contributed by atoms with Crippen molar-refractivity contribution in [1.29, 1.82) is 0 Å². The molecule has 2 heterocycles. The van der Waals surface area contributed by atoms with Crippen molar-refractivity contribution in [2.75, 3.05) is 40.0 Å². The zero-order valence-corrected chi connectivity index (χ0v) is 13.0. The molecular formula is C15H26N2O4. The number of hydrogen-bond acceptors (Lipinski definition) is 4. The van der Waals surface area contributed by atoms with Gasteiger partial charge in [0, 0.05) is 26.8 Å². The summed E-state index contributed by atoms with van der Waals surface area (Å²) in [5.74, 6) is 0.207. The van der Waals surface area contributed by atoms with E-state index in [1.54, 1.807) is 16.9 Å². The van der Waals surface area contributed by atoms with Crippen molar-refractivity contribution in [3.8, 4) is 0 Å². The van der Waals surface area contributed by atoms with Crippen molar-refractivity contribution in [3.63, 3.8) is 0 Å². The minimum Gasteiger partial charge on any atom is -0.382 e. The van der Waals surface area contributed by atoms with Crippen LogP contribution in [0.5, 0.6) is 0 Å². The van der Waals surface area contributed by atoms with Gasteiger partial charge in [0.25, 0.3) is 0 Å². The molecule has 120 valence electrons. The van der Waals surface area contributed by atoms with Gasteiger partial charge in [0.2, 0.25) is 11.8 Å². The first-order chi connectivity index (χ1) is 10.2. The minimum atomic E-state index is -0.342. The zero-order chi connectivity index (χ0) is 15.2. The van der Waals surface area contributed by atoms with Gasteiger partial charge in [-0.3, -0.25) is 9.59 Å². The number of nitrogens with zero attached hydrogens (tertiary/aromatic N) is 2. The summed E-state index contributed by atoms with van der Waals surface area (Å²) in [6.45, 7) is 4.87. The van der Waals surface area contributed by atoms with Crippen LogP contribution in [0.1, 0.15) is 32.6 Å². The van der Waals surface area contributed by atoms with Crippen LogP contribution in [0.15, 0.2) is 0 Å². The smallest absolute Gasteiger partial charge is 0.246 e. The molecule has 0 spiro atoms. The molecule has 2 unspecified atom stereocenters.